The van der Waals surface area contributed by atoms with Gasteiger partial charge in [0.15, 0.2) is 0 Å². The molecule has 0 saturated carbocycles. The van der Waals surface area contributed by atoms with Crippen LogP contribution in [0.15, 0.2) is 42.5 Å². The molecule has 0 amide bonds. The molecule has 0 spiro atoms. The van der Waals surface area contributed by atoms with Crippen molar-refractivity contribution in [1.29, 1.82) is 0 Å². The maximum atomic E-state index is 5.98. The topological polar surface area (TPSA) is 50.9 Å². The van der Waals surface area contributed by atoms with Gasteiger partial charge in [0.1, 0.15) is 0 Å². The van der Waals surface area contributed by atoms with Crippen molar-refractivity contribution >= 4 is 11.6 Å². The smallest absolute Gasteiger partial charge is 0.0882 e. The van der Waals surface area contributed by atoms with E-state index in [2.05, 4.69) is 10.4 Å². The van der Waals surface area contributed by atoms with Crippen molar-refractivity contribution in [2.45, 2.75) is 13.0 Å². The predicted octanol–water partition coefficient (Wildman–Crippen LogP) is 2.60. The van der Waals surface area contributed by atoms with E-state index in [0.29, 0.717) is 5.02 Å². The van der Waals surface area contributed by atoms with Crippen LogP contribution in [0.5, 0.6) is 0 Å². The van der Waals surface area contributed by atoms with Crippen LogP contribution in [0.25, 0.3) is 0 Å². The molecule has 2 aromatic rings. The van der Waals surface area contributed by atoms with Crippen molar-refractivity contribution in [3.63, 3.8) is 0 Å². The molecule has 0 bridgehead atoms. The summed E-state index contributed by atoms with van der Waals surface area (Å²) in [7, 11) is 0. The maximum absolute atomic E-state index is 5.98. The lowest BCUT2D eigenvalue weighted by atomic mass is 10.0. The van der Waals surface area contributed by atoms with Crippen LogP contribution in [0.3, 0.4) is 0 Å². The van der Waals surface area contributed by atoms with Gasteiger partial charge in [-0.1, -0.05) is 29.8 Å². The average molecular weight is 248 g/mol. The highest BCUT2D eigenvalue weighted by Gasteiger charge is 2.13. The molecule has 3 N–H and O–H groups in total. The Bertz CT molecular complexity index is 468. The van der Waals surface area contributed by atoms with Crippen molar-refractivity contribution in [3.05, 3.63) is 64.4 Å². The molecular weight excluding hydrogens is 234 g/mol. The molecular formula is C13H14ClN3. The SMILES string of the molecule is Cc1cccc(C(NN)c2cccc(Cl)c2)n1. The van der Waals surface area contributed by atoms with Crippen molar-refractivity contribution in [1.82, 2.24) is 10.4 Å². The fourth-order valence-electron chi connectivity index (χ4n) is 1.76. The van der Waals surface area contributed by atoms with Crippen molar-refractivity contribution in [2.75, 3.05) is 0 Å². The number of benzene rings is 1. The molecule has 2 rings (SSSR count). The Morgan fingerprint density at radius 3 is 2.65 bits per heavy atom. The first-order chi connectivity index (χ1) is 8.20. The van der Waals surface area contributed by atoms with Gasteiger partial charge in [0.25, 0.3) is 0 Å². The Labute approximate surface area is 106 Å². The molecule has 0 radical (unpaired) electrons. The lowest BCUT2D eigenvalue weighted by Crippen LogP contribution is -2.29. The van der Waals surface area contributed by atoms with Gasteiger partial charge in [-0.05, 0) is 36.8 Å². The van der Waals surface area contributed by atoms with Gasteiger partial charge in [-0.2, -0.15) is 0 Å². The van der Waals surface area contributed by atoms with Crippen LogP contribution in [0.1, 0.15) is 23.0 Å². The summed E-state index contributed by atoms with van der Waals surface area (Å²) in [4.78, 5) is 4.46. The van der Waals surface area contributed by atoms with E-state index >= 15 is 0 Å². The van der Waals surface area contributed by atoms with E-state index in [4.69, 9.17) is 17.4 Å². The second kappa shape index (κ2) is 5.27. The summed E-state index contributed by atoms with van der Waals surface area (Å²) in [5.41, 5.74) is 5.61. The van der Waals surface area contributed by atoms with Crippen LogP contribution in [-0.2, 0) is 0 Å². The number of pyridine rings is 1. The Morgan fingerprint density at radius 2 is 2.00 bits per heavy atom. The zero-order valence-corrected chi connectivity index (χ0v) is 10.3. The van der Waals surface area contributed by atoms with Gasteiger partial charge >= 0.3 is 0 Å². The number of rotatable bonds is 3. The predicted molar refractivity (Wildman–Crippen MR) is 69.6 cm³/mol. The molecule has 17 heavy (non-hydrogen) atoms. The molecule has 1 unspecified atom stereocenters. The molecule has 88 valence electrons. The number of hydrogen-bond acceptors (Lipinski definition) is 3. The largest absolute Gasteiger partial charge is 0.271 e. The molecule has 0 fully saturated rings. The molecule has 1 aromatic carbocycles. The van der Waals surface area contributed by atoms with Crippen LogP contribution in [-0.4, -0.2) is 4.98 Å². The van der Waals surface area contributed by atoms with Crippen LogP contribution in [0.4, 0.5) is 0 Å². The first-order valence-electron chi connectivity index (χ1n) is 5.36. The second-order valence-electron chi connectivity index (χ2n) is 3.86. The van der Waals surface area contributed by atoms with E-state index in [1.165, 1.54) is 0 Å². The first kappa shape index (κ1) is 12.0. The third-order valence-electron chi connectivity index (χ3n) is 2.55. The molecule has 3 nitrogen and oxygen atoms in total. The number of nitrogens with one attached hydrogen (secondary N) is 1. The molecule has 1 heterocycles. The summed E-state index contributed by atoms with van der Waals surface area (Å²) in [5.74, 6) is 5.60. The fourth-order valence-corrected chi connectivity index (χ4v) is 1.96. The number of aromatic nitrogens is 1. The number of nitrogens with zero attached hydrogens (tertiary/aromatic N) is 1. The third kappa shape index (κ3) is 2.82. The molecule has 0 aliphatic carbocycles. The van der Waals surface area contributed by atoms with Crippen LogP contribution >= 0.6 is 11.6 Å². The maximum Gasteiger partial charge on any atom is 0.0882 e. The number of nitrogens with two attached hydrogens (primary N) is 1. The van der Waals surface area contributed by atoms with Crippen LogP contribution < -0.4 is 11.3 Å². The average Bonchev–Trinajstić information content (AvgIpc) is 2.30. The van der Waals surface area contributed by atoms with E-state index in [1.807, 2.05) is 49.4 Å². The van der Waals surface area contributed by atoms with Gasteiger partial charge in [-0.15, -0.1) is 0 Å². The first-order valence-corrected chi connectivity index (χ1v) is 5.73. The van der Waals surface area contributed by atoms with Gasteiger partial charge in [0.2, 0.25) is 0 Å². The summed E-state index contributed by atoms with van der Waals surface area (Å²) in [6.07, 6.45) is 0. The normalized spacial score (nSPS) is 12.4. The molecule has 0 saturated heterocycles. The molecule has 1 aromatic heterocycles. The zero-order valence-electron chi connectivity index (χ0n) is 9.52. The van der Waals surface area contributed by atoms with E-state index < -0.39 is 0 Å². The Hall–Kier alpha value is -1.42. The molecule has 0 aliphatic rings. The minimum Gasteiger partial charge on any atom is -0.271 e. The highest BCUT2D eigenvalue weighted by molar-refractivity contribution is 6.30. The zero-order chi connectivity index (χ0) is 12.3. The second-order valence-corrected chi connectivity index (χ2v) is 4.29. The summed E-state index contributed by atoms with van der Waals surface area (Å²) in [6.45, 7) is 1.95. The molecule has 1 atom stereocenters. The standard InChI is InChI=1S/C13H14ClN3/c1-9-4-2-7-12(16-9)13(17-15)10-5-3-6-11(14)8-10/h2-8,13,17H,15H2,1H3. The fraction of sp³-hybridized carbons (Fsp3) is 0.154. The lowest BCUT2D eigenvalue weighted by Gasteiger charge is -2.16. The molecule has 0 aliphatic heterocycles. The van der Waals surface area contributed by atoms with Gasteiger partial charge < -0.3 is 0 Å². The minimum atomic E-state index is -0.145. The Kier molecular flexibility index (Phi) is 3.74. The lowest BCUT2D eigenvalue weighted by molar-refractivity contribution is 0.619. The highest BCUT2D eigenvalue weighted by Crippen LogP contribution is 2.22. The monoisotopic (exact) mass is 247 g/mol. The number of halogens is 1. The van der Waals surface area contributed by atoms with E-state index in [1.54, 1.807) is 0 Å². The Morgan fingerprint density at radius 1 is 1.24 bits per heavy atom. The van der Waals surface area contributed by atoms with Crippen molar-refractivity contribution < 1.29 is 0 Å². The summed E-state index contributed by atoms with van der Waals surface area (Å²) in [6, 6.07) is 13.3. The van der Waals surface area contributed by atoms with Crippen molar-refractivity contribution in [2.24, 2.45) is 5.84 Å². The van der Waals surface area contributed by atoms with E-state index in [-0.39, 0.29) is 6.04 Å². The van der Waals surface area contributed by atoms with Gasteiger partial charge in [0.05, 0.1) is 11.7 Å². The van der Waals surface area contributed by atoms with E-state index in [0.717, 1.165) is 17.0 Å². The summed E-state index contributed by atoms with van der Waals surface area (Å²) < 4.78 is 0. The van der Waals surface area contributed by atoms with Gasteiger partial charge in [-0.25, -0.2) is 5.43 Å². The summed E-state index contributed by atoms with van der Waals surface area (Å²) in [5, 5.41) is 0.690. The van der Waals surface area contributed by atoms with Crippen LogP contribution in [0.2, 0.25) is 5.02 Å². The van der Waals surface area contributed by atoms with Crippen LogP contribution in [0, 0.1) is 6.92 Å². The van der Waals surface area contributed by atoms with Crippen molar-refractivity contribution in [3.8, 4) is 0 Å². The third-order valence-corrected chi connectivity index (χ3v) is 2.79. The van der Waals surface area contributed by atoms with Gasteiger partial charge in [0, 0.05) is 10.7 Å². The Balaban J connectivity index is 2.40. The quantitative estimate of drug-likeness (QED) is 0.648. The number of hydrogen-bond donors (Lipinski definition) is 2. The number of hydrazine groups is 1. The molecule has 4 heteroatoms. The summed E-state index contributed by atoms with van der Waals surface area (Å²) >= 11 is 5.98. The highest BCUT2D eigenvalue weighted by atomic mass is 35.5. The minimum absolute atomic E-state index is 0.145. The number of aryl methyl sites for hydroxylation is 1. The van der Waals surface area contributed by atoms with Gasteiger partial charge in [-0.3, -0.25) is 10.8 Å². The van der Waals surface area contributed by atoms with E-state index in [9.17, 15) is 0 Å².